The van der Waals surface area contributed by atoms with Crippen LogP contribution in [0.5, 0.6) is 5.75 Å². The zero-order chi connectivity index (χ0) is 11.5. The monoisotopic (exact) mass is 285 g/mol. The van der Waals surface area contributed by atoms with Crippen molar-refractivity contribution < 1.29 is 9.47 Å². The van der Waals surface area contributed by atoms with E-state index in [1.165, 1.54) is 5.56 Å². The number of hydrogen-bond donors (Lipinski definition) is 0. The molecule has 0 saturated carbocycles. The van der Waals surface area contributed by atoms with Gasteiger partial charge in [0.2, 0.25) is 0 Å². The van der Waals surface area contributed by atoms with E-state index in [1.54, 1.807) is 14.2 Å². The summed E-state index contributed by atoms with van der Waals surface area (Å²) >= 11 is 3.44. The third kappa shape index (κ3) is 2.56. The molecular formula is C12H16BrNO2. The van der Waals surface area contributed by atoms with Crippen LogP contribution in [0.15, 0.2) is 22.7 Å². The third-order valence-electron chi connectivity index (χ3n) is 2.90. The predicted molar refractivity (Wildman–Crippen MR) is 66.8 cm³/mol. The highest BCUT2D eigenvalue weighted by atomic mass is 79.9. The fourth-order valence-corrected chi connectivity index (χ4v) is 2.23. The standard InChI is InChI=1S/C12H16BrNO2/c1-15-11-7-14(8-11)6-9-3-4-10(13)5-12(9)16-2/h3-5,11H,6-8H2,1-2H3. The lowest BCUT2D eigenvalue weighted by molar-refractivity contribution is -0.0336. The lowest BCUT2D eigenvalue weighted by Gasteiger charge is -2.38. The molecule has 1 aromatic rings. The Morgan fingerprint density at radius 1 is 1.38 bits per heavy atom. The van der Waals surface area contributed by atoms with Crippen molar-refractivity contribution in [2.75, 3.05) is 27.3 Å². The first-order chi connectivity index (χ1) is 7.72. The molecular weight excluding hydrogens is 270 g/mol. The van der Waals surface area contributed by atoms with Crippen LogP contribution in [0.2, 0.25) is 0 Å². The number of nitrogens with zero attached hydrogens (tertiary/aromatic N) is 1. The molecule has 3 nitrogen and oxygen atoms in total. The molecule has 0 N–H and O–H groups in total. The maximum atomic E-state index is 5.36. The van der Waals surface area contributed by atoms with Gasteiger partial charge in [0.1, 0.15) is 5.75 Å². The Labute approximate surface area is 104 Å². The van der Waals surface area contributed by atoms with Gasteiger partial charge in [-0.1, -0.05) is 22.0 Å². The van der Waals surface area contributed by atoms with Crippen molar-refractivity contribution in [3.05, 3.63) is 28.2 Å². The minimum absolute atomic E-state index is 0.404. The summed E-state index contributed by atoms with van der Waals surface area (Å²) in [7, 11) is 3.47. The van der Waals surface area contributed by atoms with Crippen LogP contribution in [-0.2, 0) is 11.3 Å². The molecule has 2 rings (SSSR count). The van der Waals surface area contributed by atoms with Crippen molar-refractivity contribution in [2.24, 2.45) is 0 Å². The van der Waals surface area contributed by atoms with E-state index in [-0.39, 0.29) is 0 Å². The normalized spacial score (nSPS) is 17.2. The highest BCUT2D eigenvalue weighted by molar-refractivity contribution is 9.10. The summed E-state index contributed by atoms with van der Waals surface area (Å²) in [6.07, 6.45) is 0.404. The first-order valence-corrected chi connectivity index (χ1v) is 6.10. The van der Waals surface area contributed by atoms with Gasteiger partial charge < -0.3 is 9.47 Å². The summed E-state index contributed by atoms with van der Waals surface area (Å²) in [5, 5.41) is 0. The van der Waals surface area contributed by atoms with Crippen LogP contribution < -0.4 is 4.74 Å². The maximum absolute atomic E-state index is 5.36. The number of methoxy groups -OCH3 is 2. The molecule has 0 spiro atoms. The summed E-state index contributed by atoms with van der Waals surface area (Å²) in [6, 6.07) is 6.15. The van der Waals surface area contributed by atoms with Gasteiger partial charge in [0.05, 0.1) is 13.2 Å². The predicted octanol–water partition coefficient (Wildman–Crippen LogP) is 2.29. The first-order valence-electron chi connectivity index (χ1n) is 5.30. The van der Waals surface area contributed by atoms with Crippen LogP contribution in [0.3, 0.4) is 0 Å². The van der Waals surface area contributed by atoms with Gasteiger partial charge in [-0.05, 0) is 12.1 Å². The molecule has 1 heterocycles. The van der Waals surface area contributed by atoms with E-state index < -0.39 is 0 Å². The number of likely N-dealkylation sites (tertiary alicyclic amines) is 1. The van der Waals surface area contributed by atoms with Crippen molar-refractivity contribution in [1.82, 2.24) is 4.90 Å². The Balaban J connectivity index is 1.99. The van der Waals surface area contributed by atoms with Crippen LogP contribution in [0, 0.1) is 0 Å². The number of benzene rings is 1. The average Bonchev–Trinajstić information content (AvgIpc) is 2.24. The molecule has 16 heavy (non-hydrogen) atoms. The number of halogens is 1. The second kappa shape index (κ2) is 5.17. The van der Waals surface area contributed by atoms with Crippen LogP contribution in [-0.4, -0.2) is 38.3 Å². The van der Waals surface area contributed by atoms with E-state index >= 15 is 0 Å². The van der Waals surface area contributed by atoms with Gasteiger partial charge in [0.15, 0.2) is 0 Å². The van der Waals surface area contributed by atoms with Gasteiger partial charge in [0.25, 0.3) is 0 Å². The average molecular weight is 286 g/mol. The first kappa shape index (κ1) is 11.9. The molecule has 1 aliphatic rings. The summed E-state index contributed by atoms with van der Waals surface area (Å²) < 4.78 is 11.7. The highest BCUT2D eigenvalue weighted by Gasteiger charge is 2.26. The summed E-state index contributed by atoms with van der Waals surface area (Å²) in [5.74, 6) is 0.940. The van der Waals surface area contributed by atoms with E-state index in [9.17, 15) is 0 Å². The lowest BCUT2D eigenvalue weighted by Crippen LogP contribution is -2.50. The van der Waals surface area contributed by atoms with Crippen molar-refractivity contribution >= 4 is 15.9 Å². The topological polar surface area (TPSA) is 21.7 Å². The zero-order valence-electron chi connectivity index (χ0n) is 9.57. The van der Waals surface area contributed by atoms with Crippen molar-refractivity contribution in [3.8, 4) is 5.75 Å². The number of ether oxygens (including phenoxy) is 2. The van der Waals surface area contributed by atoms with Crippen molar-refractivity contribution in [3.63, 3.8) is 0 Å². The van der Waals surface area contributed by atoms with Crippen molar-refractivity contribution in [1.29, 1.82) is 0 Å². The zero-order valence-corrected chi connectivity index (χ0v) is 11.2. The van der Waals surface area contributed by atoms with E-state index in [0.717, 1.165) is 29.9 Å². The number of hydrogen-bond acceptors (Lipinski definition) is 3. The molecule has 1 saturated heterocycles. The van der Waals surface area contributed by atoms with Gasteiger partial charge in [-0.2, -0.15) is 0 Å². The SMILES string of the molecule is COc1cc(Br)ccc1CN1CC(OC)C1. The Morgan fingerprint density at radius 3 is 2.75 bits per heavy atom. The molecule has 88 valence electrons. The maximum Gasteiger partial charge on any atom is 0.124 e. The molecule has 0 aliphatic carbocycles. The van der Waals surface area contributed by atoms with Gasteiger partial charge in [0, 0.05) is 36.8 Å². The van der Waals surface area contributed by atoms with E-state index in [1.807, 2.05) is 12.1 Å². The largest absolute Gasteiger partial charge is 0.496 e. The van der Waals surface area contributed by atoms with Crippen LogP contribution in [0.25, 0.3) is 0 Å². The van der Waals surface area contributed by atoms with Crippen LogP contribution >= 0.6 is 15.9 Å². The quantitative estimate of drug-likeness (QED) is 0.847. The fraction of sp³-hybridized carbons (Fsp3) is 0.500. The highest BCUT2D eigenvalue weighted by Crippen LogP contribution is 2.26. The molecule has 4 heteroatoms. The molecule has 0 amide bonds. The van der Waals surface area contributed by atoms with E-state index in [4.69, 9.17) is 9.47 Å². The van der Waals surface area contributed by atoms with E-state index in [2.05, 4.69) is 26.9 Å². The van der Waals surface area contributed by atoms with E-state index in [0.29, 0.717) is 6.10 Å². The Morgan fingerprint density at radius 2 is 2.12 bits per heavy atom. The molecule has 0 bridgehead atoms. The number of rotatable bonds is 4. The van der Waals surface area contributed by atoms with Crippen LogP contribution in [0.1, 0.15) is 5.56 Å². The molecule has 0 atom stereocenters. The Bertz CT molecular complexity index is 364. The van der Waals surface area contributed by atoms with Gasteiger partial charge in [-0.25, -0.2) is 0 Å². The van der Waals surface area contributed by atoms with Gasteiger partial charge in [-0.15, -0.1) is 0 Å². The second-order valence-corrected chi connectivity index (χ2v) is 4.92. The molecule has 1 aliphatic heterocycles. The summed E-state index contributed by atoms with van der Waals surface area (Å²) in [6.45, 7) is 2.95. The molecule has 1 fully saturated rings. The lowest BCUT2D eigenvalue weighted by atomic mass is 10.1. The third-order valence-corrected chi connectivity index (χ3v) is 3.39. The molecule has 0 aromatic heterocycles. The van der Waals surface area contributed by atoms with Crippen molar-refractivity contribution in [2.45, 2.75) is 12.6 Å². The summed E-state index contributed by atoms with van der Waals surface area (Å²) in [5.41, 5.74) is 1.22. The smallest absolute Gasteiger partial charge is 0.124 e. The Hall–Kier alpha value is -0.580. The Kier molecular flexibility index (Phi) is 3.84. The molecule has 1 aromatic carbocycles. The summed E-state index contributed by atoms with van der Waals surface area (Å²) in [4.78, 5) is 2.35. The van der Waals surface area contributed by atoms with Crippen LogP contribution in [0.4, 0.5) is 0 Å². The minimum atomic E-state index is 0.404. The van der Waals surface area contributed by atoms with Gasteiger partial charge >= 0.3 is 0 Å². The van der Waals surface area contributed by atoms with Gasteiger partial charge in [-0.3, -0.25) is 4.90 Å². The molecule has 0 radical (unpaired) electrons. The fourth-order valence-electron chi connectivity index (χ4n) is 1.89. The second-order valence-electron chi connectivity index (χ2n) is 4.01. The molecule has 0 unspecified atom stereocenters. The minimum Gasteiger partial charge on any atom is -0.496 e.